The summed E-state index contributed by atoms with van der Waals surface area (Å²) in [6, 6.07) is 7.73. The molecule has 2 aliphatic rings. The lowest BCUT2D eigenvalue weighted by Gasteiger charge is -2.27. The van der Waals surface area contributed by atoms with Crippen molar-refractivity contribution in [2.45, 2.75) is 45.1 Å². The van der Waals surface area contributed by atoms with Crippen LogP contribution in [0.15, 0.2) is 35.3 Å². The van der Waals surface area contributed by atoms with Crippen molar-refractivity contribution in [3.63, 3.8) is 0 Å². The summed E-state index contributed by atoms with van der Waals surface area (Å²) in [6.07, 6.45) is 6.58. The molecule has 1 saturated heterocycles. The molecule has 0 aliphatic carbocycles. The first-order chi connectivity index (χ1) is 14.2. The summed E-state index contributed by atoms with van der Waals surface area (Å²) in [5.41, 5.74) is 3.25. The Labute approximate surface area is 171 Å². The van der Waals surface area contributed by atoms with Gasteiger partial charge in [-0.3, -0.25) is 4.79 Å². The van der Waals surface area contributed by atoms with Crippen molar-refractivity contribution < 1.29 is 4.79 Å². The van der Waals surface area contributed by atoms with Gasteiger partial charge in [-0.2, -0.15) is 0 Å². The standard InChI is InChI=1S/C22H29N5O2/c1-2-19(17-8-10-20(28)24-15-17)27-14-13-26(22(27)29)12-4-6-18-9-7-16-5-3-11-23-21(16)25-18/h7-10,15,19H,2-6,11-14H2,1H3,(H,23,25)(H,24,28). The number of aromatic amines is 1. The number of anilines is 1. The number of hydrogen-bond donors (Lipinski definition) is 2. The van der Waals surface area contributed by atoms with Gasteiger partial charge in [-0.25, -0.2) is 9.78 Å². The van der Waals surface area contributed by atoms with Gasteiger partial charge in [-0.05, 0) is 49.3 Å². The number of urea groups is 1. The lowest BCUT2D eigenvalue weighted by atomic mass is 10.1. The van der Waals surface area contributed by atoms with Gasteiger partial charge >= 0.3 is 6.03 Å². The van der Waals surface area contributed by atoms with Crippen molar-refractivity contribution in [1.29, 1.82) is 0 Å². The topological polar surface area (TPSA) is 81.3 Å². The molecule has 0 aromatic carbocycles. The third-order valence-corrected chi connectivity index (χ3v) is 5.90. The Balaban J connectivity index is 1.33. The minimum atomic E-state index is -0.121. The fraction of sp³-hybridized carbons (Fsp3) is 0.500. The molecule has 7 heteroatoms. The summed E-state index contributed by atoms with van der Waals surface area (Å²) in [7, 11) is 0. The number of rotatable bonds is 7. The zero-order chi connectivity index (χ0) is 20.2. The Hall–Kier alpha value is -2.83. The first-order valence-electron chi connectivity index (χ1n) is 10.6. The first-order valence-corrected chi connectivity index (χ1v) is 10.6. The van der Waals surface area contributed by atoms with Crippen LogP contribution in [0.2, 0.25) is 0 Å². The van der Waals surface area contributed by atoms with E-state index in [1.807, 2.05) is 15.9 Å². The maximum Gasteiger partial charge on any atom is 0.320 e. The second-order valence-corrected chi connectivity index (χ2v) is 7.82. The van der Waals surface area contributed by atoms with Crippen LogP contribution in [0.3, 0.4) is 0 Å². The van der Waals surface area contributed by atoms with Gasteiger partial charge in [0.15, 0.2) is 0 Å². The zero-order valence-electron chi connectivity index (χ0n) is 17.0. The number of aryl methyl sites for hydroxylation is 2. The van der Waals surface area contributed by atoms with Gasteiger partial charge in [0, 0.05) is 44.1 Å². The fourth-order valence-corrected chi connectivity index (χ4v) is 4.32. The van der Waals surface area contributed by atoms with Crippen LogP contribution >= 0.6 is 0 Å². The van der Waals surface area contributed by atoms with Crippen molar-refractivity contribution in [3.05, 3.63) is 57.6 Å². The van der Waals surface area contributed by atoms with E-state index in [0.29, 0.717) is 0 Å². The Kier molecular flexibility index (Phi) is 5.83. The molecule has 2 amide bonds. The molecule has 0 spiro atoms. The summed E-state index contributed by atoms with van der Waals surface area (Å²) in [4.78, 5) is 35.6. The number of carbonyl (C=O) groups excluding carboxylic acids is 1. The van der Waals surface area contributed by atoms with E-state index in [-0.39, 0.29) is 17.6 Å². The minimum absolute atomic E-state index is 0.00210. The average molecular weight is 396 g/mol. The molecule has 4 rings (SSSR count). The lowest BCUT2D eigenvalue weighted by Crippen LogP contribution is -2.35. The summed E-state index contributed by atoms with van der Waals surface area (Å²) in [6.45, 7) is 5.27. The summed E-state index contributed by atoms with van der Waals surface area (Å²) < 4.78 is 0. The van der Waals surface area contributed by atoms with Crippen LogP contribution in [0, 0.1) is 0 Å². The van der Waals surface area contributed by atoms with E-state index in [9.17, 15) is 9.59 Å². The molecule has 2 N–H and O–H groups in total. The van der Waals surface area contributed by atoms with E-state index >= 15 is 0 Å². The molecule has 0 bridgehead atoms. The second-order valence-electron chi connectivity index (χ2n) is 7.82. The molecule has 29 heavy (non-hydrogen) atoms. The molecule has 2 aliphatic heterocycles. The molecule has 2 aromatic rings. The van der Waals surface area contributed by atoms with E-state index in [1.165, 1.54) is 18.1 Å². The van der Waals surface area contributed by atoms with Gasteiger partial charge in [0.05, 0.1) is 6.04 Å². The van der Waals surface area contributed by atoms with Gasteiger partial charge in [0.25, 0.3) is 0 Å². The fourth-order valence-electron chi connectivity index (χ4n) is 4.32. The maximum absolute atomic E-state index is 12.9. The quantitative estimate of drug-likeness (QED) is 0.755. The molecule has 0 saturated carbocycles. The maximum atomic E-state index is 12.9. The van der Waals surface area contributed by atoms with Crippen LogP contribution in [-0.4, -0.2) is 52.0 Å². The molecule has 1 fully saturated rings. The zero-order valence-corrected chi connectivity index (χ0v) is 17.0. The number of nitrogens with zero attached hydrogens (tertiary/aromatic N) is 3. The van der Waals surface area contributed by atoms with Gasteiger partial charge in [0.1, 0.15) is 5.82 Å². The van der Waals surface area contributed by atoms with Crippen molar-refractivity contribution in [2.24, 2.45) is 0 Å². The molecule has 2 aromatic heterocycles. The highest BCUT2D eigenvalue weighted by Crippen LogP contribution is 2.27. The summed E-state index contributed by atoms with van der Waals surface area (Å²) >= 11 is 0. The molecule has 4 heterocycles. The summed E-state index contributed by atoms with van der Waals surface area (Å²) in [5, 5.41) is 3.38. The Morgan fingerprint density at radius 3 is 2.86 bits per heavy atom. The van der Waals surface area contributed by atoms with Crippen molar-refractivity contribution in [2.75, 3.05) is 31.5 Å². The van der Waals surface area contributed by atoms with E-state index < -0.39 is 0 Å². The molecule has 1 atom stereocenters. The van der Waals surface area contributed by atoms with Crippen LogP contribution in [0.25, 0.3) is 0 Å². The van der Waals surface area contributed by atoms with E-state index in [2.05, 4.69) is 29.4 Å². The number of fused-ring (bicyclic) bond motifs is 1. The van der Waals surface area contributed by atoms with Crippen LogP contribution in [0.1, 0.15) is 49.0 Å². The van der Waals surface area contributed by atoms with Gasteiger partial charge in [0.2, 0.25) is 5.56 Å². The van der Waals surface area contributed by atoms with Crippen LogP contribution in [0.4, 0.5) is 10.6 Å². The van der Waals surface area contributed by atoms with E-state index in [4.69, 9.17) is 4.98 Å². The minimum Gasteiger partial charge on any atom is -0.370 e. The average Bonchev–Trinajstić information content (AvgIpc) is 3.10. The number of hydrogen-bond acceptors (Lipinski definition) is 4. The van der Waals surface area contributed by atoms with Crippen LogP contribution < -0.4 is 10.9 Å². The van der Waals surface area contributed by atoms with Gasteiger partial charge < -0.3 is 20.1 Å². The normalized spacial score (nSPS) is 17.2. The first kappa shape index (κ1) is 19.5. The number of carbonyl (C=O) groups is 1. The van der Waals surface area contributed by atoms with Crippen molar-refractivity contribution in [3.8, 4) is 0 Å². The number of pyridine rings is 2. The number of H-pyrrole nitrogens is 1. The van der Waals surface area contributed by atoms with Gasteiger partial charge in [-0.15, -0.1) is 0 Å². The van der Waals surface area contributed by atoms with Crippen molar-refractivity contribution in [1.82, 2.24) is 19.8 Å². The second kappa shape index (κ2) is 8.68. The molecule has 7 nitrogen and oxygen atoms in total. The number of amides is 2. The predicted octanol–water partition coefficient (Wildman–Crippen LogP) is 2.95. The molecule has 0 radical (unpaired) electrons. The smallest absolute Gasteiger partial charge is 0.320 e. The molecular formula is C22H29N5O2. The third kappa shape index (κ3) is 4.28. The number of aromatic nitrogens is 2. The Morgan fingerprint density at radius 2 is 2.07 bits per heavy atom. The van der Waals surface area contributed by atoms with Crippen molar-refractivity contribution >= 4 is 11.8 Å². The van der Waals surface area contributed by atoms with Crippen LogP contribution in [-0.2, 0) is 12.8 Å². The van der Waals surface area contributed by atoms with Crippen LogP contribution in [0.5, 0.6) is 0 Å². The van der Waals surface area contributed by atoms with E-state index in [0.717, 1.165) is 68.9 Å². The molecule has 154 valence electrons. The Bertz CT molecular complexity index is 905. The molecular weight excluding hydrogens is 366 g/mol. The highest BCUT2D eigenvalue weighted by molar-refractivity contribution is 5.77. The summed E-state index contributed by atoms with van der Waals surface area (Å²) in [5.74, 6) is 1.03. The Morgan fingerprint density at radius 1 is 1.17 bits per heavy atom. The third-order valence-electron chi connectivity index (χ3n) is 5.90. The SMILES string of the molecule is CCC(c1ccc(=O)[nH]c1)N1CCN(CCCc2ccc3c(n2)NCCC3)C1=O. The molecule has 1 unspecified atom stereocenters. The largest absolute Gasteiger partial charge is 0.370 e. The highest BCUT2D eigenvalue weighted by atomic mass is 16.2. The predicted molar refractivity (Wildman–Crippen MR) is 113 cm³/mol. The number of nitrogens with one attached hydrogen (secondary N) is 2. The monoisotopic (exact) mass is 395 g/mol. The highest BCUT2D eigenvalue weighted by Gasteiger charge is 2.33. The van der Waals surface area contributed by atoms with Gasteiger partial charge in [-0.1, -0.05) is 19.1 Å². The lowest BCUT2D eigenvalue weighted by molar-refractivity contribution is 0.175. The van der Waals surface area contributed by atoms with E-state index in [1.54, 1.807) is 6.20 Å².